The number of carbonyl (C=O) groups excluding carboxylic acids is 1. The van der Waals surface area contributed by atoms with Gasteiger partial charge in [0.05, 0.1) is 13.2 Å². The lowest BCUT2D eigenvalue weighted by molar-refractivity contribution is -0.139. The summed E-state index contributed by atoms with van der Waals surface area (Å²) in [6, 6.07) is 7.48. The molecule has 1 aliphatic rings. The molecule has 6 heteroatoms. The van der Waals surface area contributed by atoms with E-state index in [0.29, 0.717) is 19.6 Å². The molecule has 1 atom stereocenters. The summed E-state index contributed by atoms with van der Waals surface area (Å²) in [7, 11) is 0. The molecule has 146 valence electrons. The number of morpholine rings is 1. The molecule has 0 unspecified atom stereocenters. The Morgan fingerprint density at radius 1 is 1.19 bits per heavy atom. The molecule has 0 radical (unpaired) electrons. The average molecular weight is 364 g/mol. The Labute approximate surface area is 156 Å². The van der Waals surface area contributed by atoms with E-state index in [0.717, 1.165) is 50.7 Å². The molecule has 0 aromatic heterocycles. The number of nitrogens with zero attached hydrogens (tertiary/aromatic N) is 1. The highest BCUT2D eigenvalue weighted by atomic mass is 16.5. The molecule has 1 amide bonds. The highest BCUT2D eigenvalue weighted by Crippen LogP contribution is 2.21. The molecule has 0 bridgehead atoms. The summed E-state index contributed by atoms with van der Waals surface area (Å²) in [5.74, 6) is 0.686. The Kier molecular flexibility index (Phi) is 8.35. The molecule has 1 aromatic rings. The fraction of sp³-hybridized carbons (Fsp3) is 0.650. The van der Waals surface area contributed by atoms with E-state index >= 15 is 0 Å². The summed E-state index contributed by atoms with van der Waals surface area (Å²) in [5.41, 5.74) is -0.0566. The minimum atomic E-state index is -0.802. The van der Waals surface area contributed by atoms with Gasteiger partial charge in [0, 0.05) is 31.9 Å². The van der Waals surface area contributed by atoms with Gasteiger partial charge in [-0.25, -0.2) is 0 Å². The van der Waals surface area contributed by atoms with Crippen LogP contribution in [-0.4, -0.2) is 62.5 Å². The fourth-order valence-electron chi connectivity index (χ4n) is 2.67. The van der Waals surface area contributed by atoms with Crippen LogP contribution in [0.2, 0.25) is 0 Å². The molecule has 0 aliphatic carbocycles. The predicted octanol–water partition coefficient (Wildman–Crippen LogP) is 2.93. The van der Waals surface area contributed by atoms with Crippen LogP contribution >= 0.6 is 0 Å². The van der Waals surface area contributed by atoms with Crippen molar-refractivity contribution in [3.05, 3.63) is 24.3 Å². The first-order chi connectivity index (χ1) is 12.6. The molecular weight excluding hydrogens is 332 g/mol. The number of rotatable bonds is 10. The van der Waals surface area contributed by atoms with Crippen molar-refractivity contribution in [1.29, 1.82) is 0 Å². The summed E-state index contributed by atoms with van der Waals surface area (Å²) < 4.78 is 16.9. The van der Waals surface area contributed by atoms with Gasteiger partial charge in [-0.2, -0.15) is 0 Å². The van der Waals surface area contributed by atoms with E-state index in [1.165, 1.54) is 0 Å². The minimum absolute atomic E-state index is 0.116. The zero-order valence-electron chi connectivity index (χ0n) is 16.3. The lowest BCUT2D eigenvalue weighted by Gasteiger charge is -2.27. The van der Waals surface area contributed by atoms with Crippen molar-refractivity contribution < 1.29 is 19.0 Å². The third kappa shape index (κ3) is 6.27. The second-order valence-electron chi connectivity index (χ2n) is 6.71. The number of hydrogen-bond acceptors (Lipinski definition) is 5. The van der Waals surface area contributed by atoms with Gasteiger partial charge in [-0.3, -0.25) is 9.69 Å². The van der Waals surface area contributed by atoms with E-state index in [1.807, 2.05) is 45.0 Å². The van der Waals surface area contributed by atoms with Crippen LogP contribution in [0.4, 0.5) is 5.69 Å². The second kappa shape index (κ2) is 10.5. The van der Waals surface area contributed by atoms with E-state index in [9.17, 15) is 4.79 Å². The maximum absolute atomic E-state index is 12.5. The predicted molar refractivity (Wildman–Crippen MR) is 103 cm³/mol. The van der Waals surface area contributed by atoms with Crippen LogP contribution in [-0.2, 0) is 14.3 Å². The van der Waals surface area contributed by atoms with E-state index in [1.54, 1.807) is 0 Å². The minimum Gasteiger partial charge on any atom is -0.492 e. The van der Waals surface area contributed by atoms with E-state index in [4.69, 9.17) is 14.2 Å². The van der Waals surface area contributed by atoms with Crippen molar-refractivity contribution >= 4 is 11.6 Å². The molecule has 0 spiro atoms. The van der Waals surface area contributed by atoms with Crippen molar-refractivity contribution in [2.24, 2.45) is 0 Å². The zero-order chi connectivity index (χ0) is 18.8. The zero-order valence-corrected chi connectivity index (χ0v) is 16.3. The molecule has 6 nitrogen and oxygen atoms in total. The topological polar surface area (TPSA) is 60.0 Å². The van der Waals surface area contributed by atoms with Crippen molar-refractivity contribution in [2.75, 3.05) is 51.4 Å². The number of nitrogens with one attached hydrogen (secondary N) is 1. The van der Waals surface area contributed by atoms with Gasteiger partial charge in [-0.05, 0) is 44.0 Å². The number of benzene rings is 1. The molecule has 0 saturated carbocycles. The number of amides is 1. The smallest absolute Gasteiger partial charge is 0.256 e. The van der Waals surface area contributed by atoms with E-state index < -0.39 is 5.60 Å². The Balaban J connectivity index is 1.79. The maximum Gasteiger partial charge on any atom is 0.256 e. The molecule has 1 heterocycles. The molecular formula is C20H32N2O4. The molecule has 1 aliphatic heterocycles. The lowest BCUT2D eigenvalue weighted by atomic mass is 10.0. The second-order valence-corrected chi connectivity index (χ2v) is 6.71. The van der Waals surface area contributed by atoms with Crippen molar-refractivity contribution in [1.82, 2.24) is 4.90 Å². The van der Waals surface area contributed by atoms with Crippen LogP contribution in [0.1, 0.15) is 33.6 Å². The van der Waals surface area contributed by atoms with Crippen LogP contribution in [0.25, 0.3) is 0 Å². The summed E-state index contributed by atoms with van der Waals surface area (Å²) in [6.45, 7) is 11.5. The maximum atomic E-state index is 12.5. The average Bonchev–Trinajstić information content (AvgIpc) is 2.68. The van der Waals surface area contributed by atoms with Crippen LogP contribution in [0.5, 0.6) is 5.75 Å². The van der Waals surface area contributed by atoms with Crippen molar-refractivity contribution in [3.63, 3.8) is 0 Å². The van der Waals surface area contributed by atoms with Gasteiger partial charge in [-0.15, -0.1) is 0 Å². The quantitative estimate of drug-likeness (QED) is 0.692. The summed E-state index contributed by atoms with van der Waals surface area (Å²) in [4.78, 5) is 14.9. The normalized spacial score (nSPS) is 17.5. The van der Waals surface area contributed by atoms with Crippen molar-refractivity contribution in [2.45, 2.75) is 39.2 Å². The first kappa shape index (κ1) is 20.7. The van der Waals surface area contributed by atoms with Gasteiger partial charge in [0.1, 0.15) is 18.0 Å². The van der Waals surface area contributed by atoms with Gasteiger partial charge in [0.15, 0.2) is 0 Å². The number of carbonyl (C=O) groups is 1. The third-order valence-electron chi connectivity index (χ3n) is 4.67. The molecule has 1 N–H and O–H groups in total. The van der Waals surface area contributed by atoms with Crippen LogP contribution < -0.4 is 10.1 Å². The highest BCUT2D eigenvalue weighted by molar-refractivity contribution is 5.97. The summed E-state index contributed by atoms with van der Waals surface area (Å²) >= 11 is 0. The standard InChI is InChI=1S/C20H32N2O4/c1-4-13-26-20(3,5-2)19(23)21-17-6-8-18(9-7-17)25-16-12-22-10-14-24-15-11-22/h6-9H,4-5,10-16H2,1-3H3,(H,21,23)/t20-/m0/s1. The molecule has 1 aromatic carbocycles. The van der Waals surface area contributed by atoms with E-state index in [-0.39, 0.29) is 5.91 Å². The number of hydrogen-bond donors (Lipinski definition) is 1. The van der Waals surface area contributed by atoms with Crippen LogP contribution in [0, 0.1) is 0 Å². The summed E-state index contributed by atoms with van der Waals surface area (Å²) in [6.07, 6.45) is 1.51. The third-order valence-corrected chi connectivity index (χ3v) is 4.67. The first-order valence-corrected chi connectivity index (χ1v) is 9.55. The van der Waals surface area contributed by atoms with Crippen LogP contribution in [0.15, 0.2) is 24.3 Å². The summed E-state index contributed by atoms with van der Waals surface area (Å²) in [5, 5.41) is 2.94. The van der Waals surface area contributed by atoms with Crippen molar-refractivity contribution in [3.8, 4) is 5.75 Å². The van der Waals surface area contributed by atoms with Gasteiger partial charge in [0.2, 0.25) is 0 Å². The van der Waals surface area contributed by atoms with Gasteiger partial charge >= 0.3 is 0 Å². The lowest BCUT2D eigenvalue weighted by Crippen LogP contribution is -2.42. The van der Waals surface area contributed by atoms with Gasteiger partial charge in [-0.1, -0.05) is 13.8 Å². The fourth-order valence-corrected chi connectivity index (χ4v) is 2.67. The van der Waals surface area contributed by atoms with Gasteiger partial charge < -0.3 is 19.5 Å². The SMILES string of the molecule is CCCO[C@@](C)(CC)C(=O)Nc1ccc(OCCN2CCOCC2)cc1. The Bertz CT molecular complexity index is 543. The molecule has 1 saturated heterocycles. The number of ether oxygens (including phenoxy) is 3. The molecule has 2 rings (SSSR count). The largest absolute Gasteiger partial charge is 0.492 e. The number of anilines is 1. The van der Waals surface area contributed by atoms with Gasteiger partial charge in [0.25, 0.3) is 5.91 Å². The molecule has 1 fully saturated rings. The molecule has 26 heavy (non-hydrogen) atoms. The Hall–Kier alpha value is -1.63. The Morgan fingerprint density at radius 2 is 1.88 bits per heavy atom. The van der Waals surface area contributed by atoms with E-state index in [2.05, 4.69) is 10.2 Å². The highest BCUT2D eigenvalue weighted by Gasteiger charge is 2.32. The monoisotopic (exact) mass is 364 g/mol. The first-order valence-electron chi connectivity index (χ1n) is 9.55. The Morgan fingerprint density at radius 3 is 2.50 bits per heavy atom. The van der Waals surface area contributed by atoms with Crippen LogP contribution in [0.3, 0.4) is 0 Å².